The van der Waals surface area contributed by atoms with E-state index in [0.29, 0.717) is 44.4 Å². The Kier molecular flexibility index (Phi) is 11.0. The van der Waals surface area contributed by atoms with E-state index >= 15 is 0 Å². The number of aliphatic hydroxyl groups is 1. The summed E-state index contributed by atoms with van der Waals surface area (Å²) in [5, 5.41) is 29.2. The van der Waals surface area contributed by atoms with Gasteiger partial charge in [-0.25, -0.2) is 9.18 Å². The largest absolute Gasteiger partial charge is 0.508 e. The van der Waals surface area contributed by atoms with E-state index in [0.717, 1.165) is 37.1 Å². The van der Waals surface area contributed by atoms with Crippen LogP contribution >= 0.6 is 0 Å². The van der Waals surface area contributed by atoms with Crippen molar-refractivity contribution in [2.45, 2.75) is 37.8 Å². The maximum absolute atomic E-state index is 13.0. The molecule has 1 atom stereocenters. The van der Waals surface area contributed by atoms with Crippen molar-refractivity contribution in [3.63, 3.8) is 0 Å². The molecule has 0 aromatic heterocycles. The number of halogens is 1. The van der Waals surface area contributed by atoms with Crippen molar-refractivity contribution in [3.8, 4) is 11.5 Å². The number of hydrogen-bond acceptors (Lipinski definition) is 6. The molecule has 0 bridgehead atoms. The van der Waals surface area contributed by atoms with Gasteiger partial charge in [-0.05, 0) is 91.9 Å². The lowest BCUT2D eigenvalue weighted by molar-refractivity contribution is 0.106. The lowest BCUT2D eigenvalue weighted by Crippen LogP contribution is -2.47. The molecule has 8 nitrogen and oxygen atoms in total. The molecule has 214 valence electrons. The molecule has 0 spiro atoms. The number of urea groups is 1. The molecule has 1 saturated heterocycles. The van der Waals surface area contributed by atoms with Crippen LogP contribution < -0.4 is 20.7 Å². The number of amides is 2. The molecule has 1 heterocycles. The molecule has 3 aromatic rings. The molecule has 9 heteroatoms. The Bertz CT molecular complexity index is 1170. The molecule has 40 heavy (non-hydrogen) atoms. The second kappa shape index (κ2) is 15.1. The normalized spacial score (nSPS) is 14.5. The average molecular weight is 551 g/mol. The number of aliphatic hydroxyl groups excluding tert-OH is 1. The number of carbonyl (C=O) groups is 1. The first-order chi connectivity index (χ1) is 19.4. The van der Waals surface area contributed by atoms with Crippen molar-refractivity contribution in [2.75, 3.05) is 44.6 Å². The predicted molar refractivity (Wildman–Crippen MR) is 154 cm³/mol. The van der Waals surface area contributed by atoms with Gasteiger partial charge < -0.3 is 35.8 Å². The molecule has 5 N–H and O–H groups in total. The fraction of sp³-hybridized carbons (Fsp3) is 0.387. The van der Waals surface area contributed by atoms with E-state index < -0.39 is 6.10 Å². The lowest BCUT2D eigenvalue weighted by Gasteiger charge is -2.33. The Balaban J connectivity index is 1.06. The minimum absolute atomic E-state index is 0.0455. The zero-order valence-electron chi connectivity index (χ0n) is 22.7. The Morgan fingerprint density at radius 2 is 1.55 bits per heavy atom. The first-order valence-electron chi connectivity index (χ1n) is 13.9. The SMILES string of the molecule is O=C(NCCc1ccc(F)cc1)N1CCC(Nc2ccc(CCNC[C@H](O)COc3ccc(O)cc3)cc2)CC1. The van der Waals surface area contributed by atoms with Crippen LogP contribution in [0.2, 0.25) is 0 Å². The van der Waals surface area contributed by atoms with Gasteiger partial charge in [0.2, 0.25) is 0 Å². The molecular formula is C31H39FN4O4. The number of aromatic hydroxyl groups is 1. The van der Waals surface area contributed by atoms with E-state index in [2.05, 4.69) is 40.2 Å². The minimum Gasteiger partial charge on any atom is -0.508 e. The monoisotopic (exact) mass is 550 g/mol. The van der Waals surface area contributed by atoms with Crippen molar-refractivity contribution in [1.29, 1.82) is 0 Å². The van der Waals surface area contributed by atoms with E-state index in [1.54, 1.807) is 36.4 Å². The Morgan fingerprint density at radius 1 is 0.925 bits per heavy atom. The number of phenols is 1. The molecule has 0 saturated carbocycles. The van der Waals surface area contributed by atoms with E-state index in [1.807, 2.05) is 4.90 Å². The number of anilines is 1. The van der Waals surface area contributed by atoms with Gasteiger partial charge in [0.1, 0.15) is 30.0 Å². The summed E-state index contributed by atoms with van der Waals surface area (Å²) >= 11 is 0. The van der Waals surface area contributed by atoms with Crippen LogP contribution in [0.25, 0.3) is 0 Å². The summed E-state index contributed by atoms with van der Waals surface area (Å²) in [5.41, 5.74) is 3.28. The number of hydrogen-bond donors (Lipinski definition) is 5. The fourth-order valence-corrected chi connectivity index (χ4v) is 4.60. The first kappa shape index (κ1) is 29.2. The van der Waals surface area contributed by atoms with Crippen molar-refractivity contribution in [3.05, 3.63) is 89.7 Å². The van der Waals surface area contributed by atoms with Gasteiger partial charge >= 0.3 is 6.03 Å². The topological polar surface area (TPSA) is 106 Å². The Hall–Kier alpha value is -3.82. The number of benzene rings is 3. The van der Waals surface area contributed by atoms with Gasteiger partial charge in [-0.2, -0.15) is 0 Å². The molecule has 0 radical (unpaired) electrons. The second-order valence-corrected chi connectivity index (χ2v) is 10.1. The van der Waals surface area contributed by atoms with Crippen molar-refractivity contribution < 1.29 is 24.1 Å². The average Bonchev–Trinajstić information content (AvgIpc) is 2.97. The highest BCUT2D eigenvalue weighted by atomic mass is 19.1. The van der Waals surface area contributed by atoms with Gasteiger partial charge in [-0.15, -0.1) is 0 Å². The third kappa shape index (κ3) is 9.73. The summed E-state index contributed by atoms with van der Waals surface area (Å²) in [7, 11) is 0. The number of nitrogens with zero attached hydrogens (tertiary/aromatic N) is 1. The molecular weight excluding hydrogens is 511 g/mol. The van der Waals surface area contributed by atoms with Crippen LogP contribution in [-0.4, -0.2) is 72.6 Å². The standard InChI is InChI=1S/C31H39FN4O4/c32-25-5-1-23(2-6-25)14-18-34-31(39)36-19-15-27(16-20-36)35-26-7-3-24(4-8-26)13-17-33-21-29(38)22-40-30-11-9-28(37)10-12-30/h1-12,27,29,33,35,37-38H,13-22H2,(H,34,39)/t29-/m0/s1. The van der Waals surface area contributed by atoms with E-state index in [9.17, 15) is 19.4 Å². The quantitative estimate of drug-likeness (QED) is 0.207. The van der Waals surface area contributed by atoms with Crippen LogP contribution in [0.15, 0.2) is 72.8 Å². The fourth-order valence-electron chi connectivity index (χ4n) is 4.60. The number of ether oxygens (including phenoxy) is 1. The summed E-state index contributed by atoms with van der Waals surface area (Å²) in [5.74, 6) is 0.533. The molecule has 1 aliphatic rings. The molecule has 1 aliphatic heterocycles. The van der Waals surface area contributed by atoms with Crippen molar-refractivity contribution in [2.24, 2.45) is 0 Å². The van der Waals surface area contributed by atoms with Crippen LogP contribution in [-0.2, 0) is 12.8 Å². The first-order valence-corrected chi connectivity index (χ1v) is 13.9. The molecule has 1 fully saturated rings. The maximum atomic E-state index is 13.0. The van der Waals surface area contributed by atoms with E-state index in [4.69, 9.17) is 4.74 Å². The highest BCUT2D eigenvalue weighted by Crippen LogP contribution is 2.18. The predicted octanol–water partition coefficient (Wildman–Crippen LogP) is 3.93. The molecule has 3 aromatic carbocycles. The molecule has 4 rings (SSSR count). The lowest BCUT2D eigenvalue weighted by atomic mass is 10.0. The smallest absolute Gasteiger partial charge is 0.317 e. The summed E-state index contributed by atoms with van der Waals surface area (Å²) in [4.78, 5) is 14.4. The summed E-state index contributed by atoms with van der Waals surface area (Å²) in [6.45, 7) is 3.29. The zero-order chi connectivity index (χ0) is 28.2. The summed E-state index contributed by atoms with van der Waals surface area (Å²) < 4.78 is 18.5. The van der Waals surface area contributed by atoms with Gasteiger partial charge in [-0.1, -0.05) is 24.3 Å². The summed E-state index contributed by atoms with van der Waals surface area (Å²) in [6.07, 6.45) is 2.67. The van der Waals surface area contributed by atoms with Crippen LogP contribution in [0, 0.1) is 5.82 Å². The Labute approximate surface area is 235 Å². The van der Waals surface area contributed by atoms with E-state index in [-0.39, 0.29) is 24.2 Å². The van der Waals surface area contributed by atoms with Crippen molar-refractivity contribution in [1.82, 2.24) is 15.5 Å². The maximum Gasteiger partial charge on any atom is 0.317 e. The van der Waals surface area contributed by atoms with Crippen LogP contribution in [0.5, 0.6) is 11.5 Å². The second-order valence-electron chi connectivity index (χ2n) is 10.1. The highest BCUT2D eigenvalue weighted by molar-refractivity contribution is 5.74. The molecule has 0 unspecified atom stereocenters. The zero-order valence-corrected chi connectivity index (χ0v) is 22.7. The number of carbonyl (C=O) groups excluding carboxylic acids is 1. The minimum atomic E-state index is -0.626. The molecule has 2 amide bonds. The molecule has 0 aliphatic carbocycles. The van der Waals surface area contributed by atoms with Crippen LogP contribution in [0.4, 0.5) is 14.9 Å². The van der Waals surface area contributed by atoms with Crippen LogP contribution in [0.3, 0.4) is 0 Å². The van der Waals surface area contributed by atoms with Gasteiger partial charge in [0.25, 0.3) is 0 Å². The van der Waals surface area contributed by atoms with Gasteiger partial charge in [0.15, 0.2) is 0 Å². The van der Waals surface area contributed by atoms with Crippen molar-refractivity contribution >= 4 is 11.7 Å². The Morgan fingerprint density at radius 3 is 2.23 bits per heavy atom. The van der Waals surface area contributed by atoms with Crippen LogP contribution in [0.1, 0.15) is 24.0 Å². The number of rotatable bonds is 13. The highest BCUT2D eigenvalue weighted by Gasteiger charge is 2.22. The van der Waals surface area contributed by atoms with E-state index in [1.165, 1.54) is 17.7 Å². The third-order valence-corrected chi connectivity index (χ3v) is 6.96. The summed E-state index contributed by atoms with van der Waals surface area (Å²) in [6, 6.07) is 21.5. The number of likely N-dealkylation sites (tertiary alicyclic amines) is 1. The number of phenolic OH excluding ortho intramolecular Hbond substituents is 1. The van der Waals surface area contributed by atoms with Gasteiger partial charge in [0, 0.05) is 37.9 Å². The van der Waals surface area contributed by atoms with Gasteiger partial charge in [-0.3, -0.25) is 0 Å². The third-order valence-electron chi connectivity index (χ3n) is 6.96. The number of piperidine rings is 1. The van der Waals surface area contributed by atoms with Gasteiger partial charge in [0.05, 0.1) is 0 Å². The number of nitrogens with one attached hydrogen (secondary N) is 3.